The van der Waals surface area contributed by atoms with Gasteiger partial charge in [0.2, 0.25) is 0 Å². The van der Waals surface area contributed by atoms with Crippen molar-refractivity contribution in [1.29, 1.82) is 0 Å². The minimum atomic E-state index is 0.473. The number of fused-ring (bicyclic) bond motifs is 1. The molecule has 1 unspecified atom stereocenters. The van der Waals surface area contributed by atoms with Crippen LogP contribution in [0.1, 0.15) is 56.3 Å². The topological polar surface area (TPSA) is 12.9 Å². The molecule has 0 bridgehead atoms. The van der Waals surface area contributed by atoms with Gasteiger partial charge in [-0.3, -0.25) is 0 Å². The molecule has 0 aliphatic carbocycles. The number of nitrogens with zero attached hydrogens (tertiary/aromatic N) is 1. The SMILES string of the molecule is CCCCCCCC(Sc1ccccn1)c1ccc2ccccc2c1. The summed E-state index contributed by atoms with van der Waals surface area (Å²) in [7, 11) is 0. The van der Waals surface area contributed by atoms with Crippen molar-refractivity contribution in [2.75, 3.05) is 0 Å². The van der Waals surface area contributed by atoms with Gasteiger partial charge >= 0.3 is 0 Å². The van der Waals surface area contributed by atoms with Crippen molar-refractivity contribution in [3.63, 3.8) is 0 Å². The van der Waals surface area contributed by atoms with Crippen LogP contribution in [0, 0.1) is 0 Å². The summed E-state index contributed by atoms with van der Waals surface area (Å²) < 4.78 is 0. The molecule has 0 N–H and O–H groups in total. The fraction of sp³-hybridized carbons (Fsp3) is 0.348. The van der Waals surface area contributed by atoms with Crippen molar-refractivity contribution in [3.05, 3.63) is 72.4 Å². The number of unbranched alkanes of at least 4 members (excludes halogenated alkanes) is 4. The fourth-order valence-electron chi connectivity index (χ4n) is 3.20. The molecule has 1 aromatic heterocycles. The minimum Gasteiger partial charge on any atom is -0.250 e. The van der Waals surface area contributed by atoms with Crippen LogP contribution in [0.5, 0.6) is 0 Å². The lowest BCUT2D eigenvalue weighted by Crippen LogP contribution is -1.96. The summed E-state index contributed by atoms with van der Waals surface area (Å²) in [6.07, 6.45) is 9.74. The van der Waals surface area contributed by atoms with Gasteiger partial charge in [-0.2, -0.15) is 0 Å². The fourth-order valence-corrected chi connectivity index (χ4v) is 4.34. The predicted molar refractivity (Wildman–Crippen MR) is 110 cm³/mol. The van der Waals surface area contributed by atoms with Gasteiger partial charge in [0, 0.05) is 11.4 Å². The lowest BCUT2D eigenvalue weighted by molar-refractivity contribution is 0.603. The maximum absolute atomic E-state index is 4.53. The zero-order valence-electron chi connectivity index (χ0n) is 15.0. The summed E-state index contributed by atoms with van der Waals surface area (Å²) in [5, 5.41) is 4.24. The lowest BCUT2D eigenvalue weighted by atomic mass is 10.0. The average Bonchev–Trinajstić information content (AvgIpc) is 2.67. The molecule has 25 heavy (non-hydrogen) atoms. The zero-order valence-corrected chi connectivity index (χ0v) is 15.8. The van der Waals surface area contributed by atoms with Gasteiger partial charge in [-0.05, 0) is 34.9 Å². The smallest absolute Gasteiger partial charge is 0.0965 e. The van der Waals surface area contributed by atoms with Crippen molar-refractivity contribution in [1.82, 2.24) is 4.98 Å². The molecule has 130 valence electrons. The van der Waals surface area contributed by atoms with Crippen LogP contribution in [-0.4, -0.2) is 4.98 Å². The van der Waals surface area contributed by atoms with Gasteiger partial charge in [-0.25, -0.2) is 4.98 Å². The molecule has 3 aromatic rings. The van der Waals surface area contributed by atoms with Crippen LogP contribution in [0.4, 0.5) is 0 Å². The second-order valence-corrected chi connectivity index (χ2v) is 7.81. The zero-order chi connectivity index (χ0) is 17.3. The monoisotopic (exact) mass is 349 g/mol. The third kappa shape index (κ3) is 5.34. The molecule has 3 rings (SSSR count). The number of rotatable bonds is 9. The van der Waals surface area contributed by atoms with E-state index in [0.717, 1.165) is 5.03 Å². The maximum Gasteiger partial charge on any atom is 0.0965 e. The van der Waals surface area contributed by atoms with Gasteiger partial charge in [0.05, 0.1) is 5.03 Å². The molecule has 2 heteroatoms. The van der Waals surface area contributed by atoms with E-state index in [1.807, 2.05) is 24.0 Å². The van der Waals surface area contributed by atoms with Gasteiger partial charge in [0.25, 0.3) is 0 Å². The Balaban J connectivity index is 1.75. The minimum absolute atomic E-state index is 0.473. The molecule has 0 spiro atoms. The average molecular weight is 350 g/mol. The molecule has 0 saturated carbocycles. The number of pyridine rings is 1. The van der Waals surface area contributed by atoms with E-state index in [9.17, 15) is 0 Å². The third-order valence-corrected chi connectivity index (χ3v) is 5.89. The first-order chi connectivity index (χ1) is 12.4. The van der Waals surface area contributed by atoms with E-state index in [1.165, 1.54) is 54.9 Å². The second-order valence-electron chi connectivity index (χ2n) is 6.58. The molecule has 0 amide bonds. The maximum atomic E-state index is 4.53. The molecule has 1 atom stereocenters. The van der Waals surface area contributed by atoms with E-state index in [4.69, 9.17) is 0 Å². The third-order valence-electron chi connectivity index (χ3n) is 4.62. The Hall–Kier alpha value is -1.80. The van der Waals surface area contributed by atoms with Crippen molar-refractivity contribution in [2.24, 2.45) is 0 Å². The van der Waals surface area contributed by atoms with E-state index >= 15 is 0 Å². The standard InChI is InChI=1S/C23H27NS/c1-2-3-4-5-6-13-22(25-23-14-9-10-17-24-23)21-16-15-19-11-7-8-12-20(19)18-21/h7-12,14-18,22H,2-6,13H2,1H3. The van der Waals surface area contributed by atoms with Crippen LogP contribution in [0.2, 0.25) is 0 Å². The highest BCUT2D eigenvalue weighted by Gasteiger charge is 2.14. The summed E-state index contributed by atoms with van der Waals surface area (Å²) in [4.78, 5) is 4.53. The highest BCUT2D eigenvalue weighted by atomic mass is 32.2. The van der Waals surface area contributed by atoms with Gasteiger partial charge in [0.15, 0.2) is 0 Å². The van der Waals surface area contributed by atoms with Crippen LogP contribution in [0.25, 0.3) is 10.8 Å². The molecule has 2 aromatic carbocycles. The first-order valence-electron chi connectivity index (χ1n) is 9.43. The van der Waals surface area contributed by atoms with Gasteiger partial charge < -0.3 is 0 Å². The normalized spacial score (nSPS) is 12.4. The summed E-state index contributed by atoms with van der Waals surface area (Å²) in [6, 6.07) is 21.7. The van der Waals surface area contributed by atoms with Crippen LogP contribution >= 0.6 is 11.8 Å². The van der Waals surface area contributed by atoms with E-state index in [0.29, 0.717) is 5.25 Å². The van der Waals surface area contributed by atoms with Crippen molar-refractivity contribution < 1.29 is 0 Å². The number of aromatic nitrogens is 1. The van der Waals surface area contributed by atoms with Crippen LogP contribution in [0.3, 0.4) is 0 Å². The Labute approximate surface area is 155 Å². The number of hydrogen-bond donors (Lipinski definition) is 0. The van der Waals surface area contributed by atoms with Gasteiger partial charge in [-0.15, -0.1) is 0 Å². The van der Waals surface area contributed by atoms with E-state index in [1.54, 1.807) is 0 Å². The first kappa shape index (κ1) is 18.0. The number of benzene rings is 2. The van der Waals surface area contributed by atoms with E-state index < -0.39 is 0 Å². The van der Waals surface area contributed by atoms with Crippen molar-refractivity contribution in [2.45, 2.75) is 55.7 Å². The summed E-state index contributed by atoms with van der Waals surface area (Å²) in [5.74, 6) is 0. The van der Waals surface area contributed by atoms with Crippen molar-refractivity contribution >= 4 is 22.5 Å². The molecule has 0 aliphatic heterocycles. The van der Waals surface area contributed by atoms with E-state index in [2.05, 4.69) is 66.5 Å². The van der Waals surface area contributed by atoms with Crippen LogP contribution in [0.15, 0.2) is 71.9 Å². The van der Waals surface area contributed by atoms with Crippen LogP contribution in [-0.2, 0) is 0 Å². The molecule has 0 fully saturated rings. The highest BCUT2D eigenvalue weighted by Crippen LogP contribution is 2.39. The summed E-state index contributed by atoms with van der Waals surface area (Å²) >= 11 is 1.90. The Morgan fingerprint density at radius 1 is 0.840 bits per heavy atom. The molecule has 0 radical (unpaired) electrons. The second kappa shape index (κ2) is 9.62. The summed E-state index contributed by atoms with van der Waals surface area (Å²) in [6.45, 7) is 2.27. The highest BCUT2D eigenvalue weighted by molar-refractivity contribution is 7.99. The Kier molecular flexibility index (Phi) is 6.93. The number of hydrogen-bond acceptors (Lipinski definition) is 2. The Morgan fingerprint density at radius 2 is 1.64 bits per heavy atom. The molecular weight excluding hydrogens is 322 g/mol. The Bertz CT molecular complexity index is 769. The van der Waals surface area contributed by atoms with Crippen LogP contribution < -0.4 is 0 Å². The number of thioether (sulfide) groups is 1. The predicted octanol–water partition coefficient (Wildman–Crippen LogP) is 7.43. The summed E-state index contributed by atoms with van der Waals surface area (Å²) in [5.41, 5.74) is 1.42. The van der Waals surface area contributed by atoms with Crippen molar-refractivity contribution in [3.8, 4) is 0 Å². The molecule has 0 aliphatic rings. The first-order valence-corrected chi connectivity index (χ1v) is 10.3. The molecular formula is C23H27NS. The quantitative estimate of drug-likeness (QED) is 0.294. The van der Waals surface area contributed by atoms with Gasteiger partial charge in [-0.1, -0.05) is 99.3 Å². The van der Waals surface area contributed by atoms with Gasteiger partial charge in [0.1, 0.15) is 0 Å². The molecule has 1 heterocycles. The largest absolute Gasteiger partial charge is 0.250 e. The molecule has 0 saturated heterocycles. The molecule has 1 nitrogen and oxygen atoms in total. The van der Waals surface area contributed by atoms with E-state index in [-0.39, 0.29) is 0 Å². The Morgan fingerprint density at radius 3 is 2.44 bits per heavy atom. The lowest BCUT2D eigenvalue weighted by Gasteiger charge is -2.17.